The van der Waals surface area contributed by atoms with Crippen molar-refractivity contribution in [2.24, 2.45) is 10.9 Å². The molecule has 0 radical (unpaired) electrons. The topological polar surface area (TPSA) is 67.8 Å². The molecule has 2 aromatic carbocycles. The third-order valence-corrected chi connectivity index (χ3v) is 6.72. The van der Waals surface area contributed by atoms with Crippen LogP contribution in [0.4, 0.5) is 15.1 Å². The lowest BCUT2D eigenvalue weighted by atomic mass is 9.88. The quantitative estimate of drug-likeness (QED) is 0.349. The lowest BCUT2D eigenvalue weighted by molar-refractivity contribution is 0.0526. The van der Waals surface area contributed by atoms with Crippen LogP contribution in [0.2, 0.25) is 0 Å². The fourth-order valence-corrected chi connectivity index (χ4v) is 5.23. The average Bonchev–Trinajstić information content (AvgIpc) is 3.16. The van der Waals surface area contributed by atoms with Crippen LogP contribution in [0.25, 0.3) is 0 Å². The Morgan fingerprint density at radius 2 is 2.03 bits per heavy atom. The molecule has 0 spiro atoms. The van der Waals surface area contributed by atoms with Crippen molar-refractivity contribution in [2.75, 3.05) is 11.9 Å². The maximum atomic E-state index is 13.5. The van der Waals surface area contributed by atoms with E-state index < -0.39 is 5.97 Å². The number of anilines is 1. The largest absolute Gasteiger partial charge is 0.462 e. The van der Waals surface area contributed by atoms with Gasteiger partial charge in [-0.05, 0) is 79.6 Å². The Bertz CT molecular complexity index is 1200. The van der Waals surface area contributed by atoms with Crippen molar-refractivity contribution in [3.8, 4) is 0 Å². The highest BCUT2D eigenvalue weighted by atomic mass is 32.1. The summed E-state index contributed by atoms with van der Waals surface area (Å²) in [6, 6.07) is 12.8. The number of amides is 1. The van der Waals surface area contributed by atoms with Gasteiger partial charge in [0.25, 0.3) is 5.91 Å². The van der Waals surface area contributed by atoms with Gasteiger partial charge in [-0.25, -0.2) is 14.2 Å². The summed E-state index contributed by atoms with van der Waals surface area (Å²) in [5.74, 6) is -0.410. The molecule has 1 N–H and O–H groups in total. The number of aliphatic imine (C=N–C) groups is 1. The van der Waals surface area contributed by atoms with Gasteiger partial charge in [-0.15, -0.1) is 11.3 Å². The van der Waals surface area contributed by atoms with Gasteiger partial charge in [0, 0.05) is 16.8 Å². The second-order valence-electron chi connectivity index (χ2n) is 8.10. The zero-order valence-corrected chi connectivity index (χ0v) is 19.4. The fourth-order valence-electron chi connectivity index (χ4n) is 3.88. The van der Waals surface area contributed by atoms with Crippen molar-refractivity contribution in [2.45, 2.75) is 33.1 Å². The molecule has 0 saturated heterocycles. The van der Waals surface area contributed by atoms with Crippen LogP contribution in [-0.4, -0.2) is 24.7 Å². The highest BCUT2D eigenvalue weighted by molar-refractivity contribution is 7.16. The zero-order valence-electron chi connectivity index (χ0n) is 18.6. The van der Waals surface area contributed by atoms with Crippen LogP contribution < -0.4 is 5.32 Å². The van der Waals surface area contributed by atoms with Gasteiger partial charge in [-0.3, -0.25) is 4.79 Å². The summed E-state index contributed by atoms with van der Waals surface area (Å²) in [6.45, 7) is 4.27. The summed E-state index contributed by atoms with van der Waals surface area (Å²) in [5, 5.41) is 3.56. The smallest absolute Gasteiger partial charge is 0.338 e. The lowest BCUT2D eigenvalue weighted by Gasteiger charge is -2.18. The number of fused-ring (bicyclic) bond motifs is 1. The number of hydrogen-bond donors (Lipinski definition) is 1. The molecule has 33 heavy (non-hydrogen) atoms. The summed E-state index contributed by atoms with van der Waals surface area (Å²) in [4.78, 5) is 30.9. The normalized spacial score (nSPS) is 15.3. The molecule has 0 unspecified atom stereocenters. The van der Waals surface area contributed by atoms with Crippen LogP contribution in [0.5, 0.6) is 0 Å². The first kappa shape index (κ1) is 22.9. The van der Waals surface area contributed by atoms with Crippen LogP contribution in [-0.2, 0) is 17.6 Å². The first-order valence-corrected chi connectivity index (χ1v) is 11.8. The van der Waals surface area contributed by atoms with Gasteiger partial charge in [0.1, 0.15) is 10.8 Å². The van der Waals surface area contributed by atoms with E-state index in [1.165, 1.54) is 28.3 Å². The molecule has 1 aliphatic rings. The highest BCUT2D eigenvalue weighted by Gasteiger charge is 2.27. The number of halogens is 1. The van der Waals surface area contributed by atoms with E-state index in [2.05, 4.69) is 17.2 Å². The standard InChI is InChI=1S/C26H25FN2O3S/c1-3-32-26(31)18-8-10-20(11-9-18)29-24(30)23-21-12-7-16(2)13-22(21)33-25(23)28-15-17-5-4-6-19(27)14-17/h4-6,8-11,14-16H,3,7,12-13H2,1-2H3,(H,29,30)/t16-/m0/s1. The minimum absolute atomic E-state index is 0.239. The van der Waals surface area contributed by atoms with Gasteiger partial charge in [-0.1, -0.05) is 19.1 Å². The van der Waals surface area contributed by atoms with Crippen LogP contribution >= 0.6 is 11.3 Å². The van der Waals surface area contributed by atoms with Crippen molar-refractivity contribution in [3.05, 3.63) is 81.5 Å². The summed E-state index contributed by atoms with van der Waals surface area (Å²) >= 11 is 1.53. The zero-order chi connectivity index (χ0) is 23.4. The number of thiophene rings is 1. The van der Waals surface area contributed by atoms with Gasteiger partial charge in [0.2, 0.25) is 0 Å². The molecule has 1 amide bonds. The van der Waals surface area contributed by atoms with E-state index in [-0.39, 0.29) is 11.7 Å². The van der Waals surface area contributed by atoms with Crippen molar-refractivity contribution < 1.29 is 18.7 Å². The highest BCUT2D eigenvalue weighted by Crippen LogP contribution is 2.41. The predicted molar refractivity (Wildman–Crippen MR) is 130 cm³/mol. The molecule has 170 valence electrons. The average molecular weight is 465 g/mol. The minimum atomic E-state index is -0.398. The number of nitrogens with zero attached hydrogens (tertiary/aromatic N) is 1. The van der Waals surface area contributed by atoms with Crippen LogP contribution in [0.1, 0.15) is 57.0 Å². The maximum Gasteiger partial charge on any atom is 0.338 e. The van der Waals surface area contributed by atoms with E-state index in [1.807, 2.05) is 0 Å². The molecule has 1 atom stereocenters. The first-order valence-electron chi connectivity index (χ1n) is 11.0. The number of rotatable bonds is 6. The van der Waals surface area contributed by atoms with Gasteiger partial charge in [0.15, 0.2) is 0 Å². The minimum Gasteiger partial charge on any atom is -0.462 e. The summed E-state index contributed by atoms with van der Waals surface area (Å²) in [5.41, 5.74) is 3.26. The Morgan fingerprint density at radius 1 is 1.24 bits per heavy atom. The van der Waals surface area contributed by atoms with Gasteiger partial charge < -0.3 is 10.1 Å². The van der Waals surface area contributed by atoms with Crippen LogP contribution in [0.15, 0.2) is 53.5 Å². The van der Waals surface area contributed by atoms with Gasteiger partial charge in [0.05, 0.1) is 17.7 Å². The van der Waals surface area contributed by atoms with Crippen molar-refractivity contribution >= 4 is 40.1 Å². The number of nitrogens with one attached hydrogen (secondary N) is 1. The maximum absolute atomic E-state index is 13.5. The molecule has 5 nitrogen and oxygen atoms in total. The number of carbonyl (C=O) groups excluding carboxylic acids is 2. The molecule has 7 heteroatoms. The van der Waals surface area contributed by atoms with E-state index in [0.717, 1.165) is 24.8 Å². The van der Waals surface area contributed by atoms with E-state index in [1.54, 1.807) is 49.5 Å². The van der Waals surface area contributed by atoms with Crippen molar-refractivity contribution in [1.29, 1.82) is 0 Å². The summed E-state index contributed by atoms with van der Waals surface area (Å²) < 4.78 is 18.5. The summed E-state index contributed by atoms with van der Waals surface area (Å²) in [6.07, 6.45) is 4.36. The number of esters is 1. The van der Waals surface area contributed by atoms with E-state index >= 15 is 0 Å². The van der Waals surface area contributed by atoms with E-state index in [0.29, 0.717) is 39.9 Å². The number of ether oxygens (including phenoxy) is 1. The SMILES string of the molecule is CCOC(=O)c1ccc(NC(=O)c2c(N=Cc3cccc(F)c3)sc3c2CC[C@H](C)C3)cc1. The number of benzene rings is 2. The molecule has 0 saturated carbocycles. The second-order valence-corrected chi connectivity index (χ2v) is 9.18. The Kier molecular flexibility index (Phi) is 6.99. The van der Waals surface area contributed by atoms with E-state index in [9.17, 15) is 14.0 Å². The first-order chi connectivity index (χ1) is 15.9. The Balaban J connectivity index is 1.61. The molecule has 1 heterocycles. The number of hydrogen-bond acceptors (Lipinski definition) is 5. The molecule has 0 bridgehead atoms. The predicted octanol–water partition coefficient (Wildman–Crippen LogP) is 6.19. The monoisotopic (exact) mass is 464 g/mol. The van der Waals surface area contributed by atoms with Gasteiger partial charge >= 0.3 is 5.97 Å². The Labute approximate surface area is 196 Å². The molecule has 4 rings (SSSR count). The molecule has 1 aliphatic carbocycles. The molecule has 3 aromatic rings. The molecule has 0 aliphatic heterocycles. The molecular weight excluding hydrogens is 439 g/mol. The Morgan fingerprint density at radius 3 is 2.76 bits per heavy atom. The Hall–Kier alpha value is -3.32. The molecule has 0 fully saturated rings. The second kappa shape index (κ2) is 10.1. The van der Waals surface area contributed by atoms with E-state index in [4.69, 9.17) is 4.74 Å². The van der Waals surface area contributed by atoms with Crippen molar-refractivity contribution in [1.82, 2.24) is 0 Å². The van der Waals surface area contributed by atoms with Crippen LogP contribution in [0.3, 0.4) is 0 Å². The molecule has 1 aromatic heterocycles. The summed E-state index contributed by atoms with van der Waals surface area (Å²) in [7, 11) is 0. The third-order valence-electron chi connectivity index (χ3n) is 5.55. The number of carbonyl (C=O) groups is 2. The van der Waals surface area contributed by atoms with Gasteiger partial charge in [-0.2, -0.15) is 0 Å². The van der Waals surface area contributed by atoms with Crippen molar-refractivity contribution in [3.63, 3.8) is 0 Å². The fraction of sp³-hybridized carbons (Fsp3) is 0.269. The third kappa shape index (κ3) is 5.37. The van der Waals surface area contributed by atoms with Crippen LogP contribution in [0, 0.1) is 11.7 Å². The lowest BCUT2D eigenvalue weighted by Crippen LogP contribution is -2.16. The molecular formula is C26H25FN2O3S.